The van der Waals surface area contributed by atoms with Crippen LogP contribution in [0.25, 0.3) is 0 Å². The maximum absolute atomic E-state index is 11.9. The van der Waals surface area contributed by atoms with Crippen molar-refractivity contribution in [3.63, 3.8) is 0 Å². The molecule has 0 aliphatic carbocycles. The van der Waals surface area contributed by atoms with Gasteiger partial charge in [0.1, 0.15) is 0 Å². The van der Waals surface area contributed by atoms with Crippen LogP contribution in [0.1, 0.15) is 30.6 Å². The van der Waals surface area contributed by atoms with Crippen LogP contribution in [-0.4, -0.2) is 29.4 Å². The number of non-ortho nitro benzene ring substituents is 1. The molecule has 0 aliphatic rings. The minimum Gasteiger partial charge on any atom is -0.449 e. The van der Waals surface area contributed by atoms with Crippen LogP contribution in [0.5, 0.6) is 0 Å². The van der Waals surface area contributed by atoms with Gasteiger partial charge in [0.2, 0.25) is 0 Å². The molecule has 1 atom stereocenters. The summed E-state index contributed by atoms with van der Waals surface area (Å²) in [6.45, 7) is 3.77. The number of nitrogens with one attached hydrogen (secondary N) is 1. The monoisotopic (exact) mass is 314 g/mol. The number of esters is 1. The number of hydrogen-bond acceptors (Lipinski definition) is 5. The van der Waals surface area contributed by atoms with Gasteiger partial charge in [-0.05, 0) is 19.4 Å². The third-order valence-corrected chi connectivity index (χ3v) is 2.91. The quantitative estimate of drug-likeness (QED) is 0.493. The largest absolute Gasteiger partial charge is 0.449 e. The molecule has 114 valence electrons. The molecule has 0 bridgehead atoms. The molecule has 1 rings (SSSR count). The molecular formula is C13H15ClN2O5. The molecule has 0 spiro atoms. The fourth-order valence-corrected chi connectivity index (χ4v) is 1.65. The second-order valence-electron chi connectivity index (χ2n) is 4.26. The third-order valence-electron chi connectivity index (χ3n) is 2.58. The van der Waals surface area contributed by atoms with E-state index in [1.54, 1.807) is 0 Å². The number of nitro benzene ring substituents is 1. The molecule has 7 nitrogen and oxygen atoms in total. The van der Waals surface area contributed by atoms with Gasteiger partial charge in [0.05, 0.1) is 15.5 Å². The van der Waals surface area contributed by atoms with Crippen molar-refractivity contribution in [2.75, 3.05) is 6.54 Å². The highest BCUT2D eigenvalue weighted by molar-refractivity contribution is 6.33. The van der Waals surface area contributed by atoms with E-state index in [1.807, 2.05) is 6.92 Å². The van der Waals surface area contributed by atoms with Crippen molar-refractivity contribution >= 4 is 29.2 Å². The van der Waals surface area contributed by atoms with Gasteiger partial charge in [-0.25, -0.2) is 4.79 Å². The molecule has 0 aliphatic heterocycles. The minimum atomic E-state index is -1.01. The van der Waals surface area contributed by atoms with E-state index in [9.17, 15) is 19.7 Å². The molecule has 1 aromatic rings. The highest BCUT2D eigenvalue weighted by Crippen LogP contribution is 2.23. The molecule has 0 saturated heterocycles. The van der Waals surface area contributed by atoms with Gasteiger partial charge in [0.25, 0.3) is 11.6 Å². The summed E-state index contributed by atoms with van der Waals surface area (Å²) in [5, 5.41) is 13.3. The minimum absolute atomic E-state index is 0.0202. The highest BCUT2D eigenvalue weighted by atomic mass is 35.5. The molecule has 0 fully saturated rings. The Labute approximate surface area is 126 Å². The zero-order valence-corrected chi connectivity index (χ0v) is 12.3. The molecule has 21 heavy (non-hydrogen) atoms. The van der Waals surface area contributed by atoms with Crippen molar-refractivity contribution in [3.8, 4) is 0 Å². The Morgan fingerprint density at radius 3 is 2.71 bits per heavy atom. The molecule has 1 N–H and O–H groups in total. The van der Waals surface area contributed by atoms with Crippen LogP contribution < -0.4 is 5.32 Å². The number of rotatable bonds is 6. The van der Waals surface area contributed by atoms with Crippen molar-refractivity contribution in [2.45, 2.75) is 26.4 Å². The lowest BCUT2D eigenvalue weighted by atomic mass is 10.2. The van der Waals surface area contributed by atoms with Gasteiger partial charge in [-0.15, -0.1) is 0 Å². The molecule has 1 amide bonds. The fourth-order valence-electron chi connectivity index (χ4n) is 1.45. The first-order valence-electron chi connectivity index (χ1n) is 6.29. The summed E-state index contributed by atoms with van der Waals surface area (Å²) < 4.78 is 4.95. The Kier molecular flexibility index (Phi) is 6.10. The number of ether oxygens (including phenoxy) is 1. The van der Waals surface area contributed by atoms with Gasteiger partial charge in [-0.3, -0.25) is 14.9 Å². The summed E-state index contributed by atoms with van der Waals surface area (Å²) in [5.41, 5.74) is -0.435. The zero-order valence-electron chi connectivity index (χ0n) is 11.6. The van der Waals surface area contributed by atoms with Crippen molar-refractivity contribution in [1.82, 2.24) is 5.32 Å². The van der Waals surface area contributed by atoms with Crippen molar-refractivity contribution in [1.29, 1.82) is 0 Å². The number of carbonyl (C=O) groups is 2. The number of nitro groups is 1. The summed E-state index contributed by atoms with van der Waals surface area (Å²) in [6.07, 6.45) is -0.261. The smallest absolute Gasteiger partial charge is 0.340 e. The predicted octanol–water partition coefficient (Wildman–Crippen LogP) is 2.32. The lowest BCUT2D eigenvalue weighted by Crippen LogP contribution is -2.36. The molecule has 1 aromatic carbocycles. The number of carbonyl (C=O) groups excluding carboxylic acids is 2. The average Bonchev–Trinajstić information content (AvgIpc) is 2.44. The topological polar surface area (TPSA) is 98.5 Å². The number of benzene rings is 1. The van der Waals surface area contributed by atoms with Crippen LogP contribution in [0.2, 0.25) is 5.02 Å². The van der Waals surface area contributed by atoms with Gasteiger partial charge < -0.3 is 10.1 Å². The van der Waals surface area contributed by atoms with Crippen molar-refractivity contribution < 1.29 is 19.2 Å². The first kappa shape index (κ1) is 16.9. The van der Waals surface area contributed by atoms with Crippen LogP contribution in [0.4, 0.5) is 5.69 Å². The van der Waals surface area contributed by atoms with Crippen LogP contribution in [-0.2, 0) is 9.53 Å². The normalized spacial score (nSPS) is 11.6. The molecule has 0 heterocycles. The SMILES string of the molecule is CCCNC(=O)C(C)OC(=O)c1cc([N+](=O)[O-])ccc1Cl. The van der Waals surface area contributed by atoms with Crippen molar-refractivity contribution in [2.24, 2.45) is 0 Å². The predicted molar refractivity (Wildman–Crippen MR) is 76.3 cm³/mol. The highest BCUT2D eigenvalue weighted by Gasteiger charge is 2.22. The lowest BCUT2D eigenvalue weighted by Gasteiger charge is -2.13. The average molecular weight is 315 g/mol. The van der Waals surface area contributed by atoms with Gasteiger partial charge in [-0.1, -0.05) is 18.5 Å². The Hall–Kier alpha value is -2.15. The number of halogens is 1. The van der Waals surface area contributed by atoms with E-state index in [-0.39, 0.29) is 16.3 Å². The number of hydrogen-bond donors (Lipinski definition) is 1. The molecule has 8 heteroatoms. The van der Waals surface area contributed by atoms with E-state index in [2.05, 4.69) is 5.32 Å². The van der Waals surface area contributed by atoms with E-state index in [1.165, 1.54) is 19.1 Å². The maximum Gasteiger partial charge on any atom is 0.340 e. The van der Waals surface area contributed by atoms with Gasteiger partial charge in [0, 0.05) is 18.7 Å². The van der Waals surface area contributed by atoms with E-state index in [0.717, 1.165) is 12.5 Å². The van der Waals surface area contributed by atoms with E-state index in [4.69, 9.17) is 16.3 Å². The van der Waals surface area contributed by atoms with Crippen LogP contribution in [0, 0.1) is 10.1 Å². The molecule has 0 saturated carbocycles. The lowest BCUT2D eigenvalue weighted by molar-refractivity contribution is -0.384. The van der Waals surface area contributed by atoms with Crippen LogP contribution >= 0.6 is 11.6 Å². The van der Waals surface area contributed by atoms with Crippen LogP contribution in [0.15, 0.2) is 18.2 Å². The first-order chi connectivity index (χ1) is 9.86. The molecule has 0 radical (unpaired) electrons. The zero-order chi connectivity index (χ0) is 16.0. The summed E-state index contributed by atoms with van der Waals surface area (Å²) in [4.78, 5) is 33.6. The van der Waals surface area contributed by atoms with E-state index < -0.39 is 22.9 Å². The third kappa shape index (κ3) is 4.71. The standard InChI is InChI=1S/C13H15ClN2O5/c1-3-6-15-12(17)8(2)21-13(18)10-7-9(16(19)20)4-5-11(10)14/h4-5,7-8H,3,6H2,1-2H3,(H,15,17). The molecule has 1 unspecified atom stereocenters. The Morgan fingerprint density at radius 2 is 2.14 bits per heavy atom. The van der Waals surface area contributed by atoms with Crippen LogP contribution in [0.3, 0.4) is 0 Å². The second kappa shape index (κ2) is 7.58. The summed E-state index contributed by atoms with van der Waals surface area (Å²) in [7, 11) is 0. The van der Waals surface area contributed by atoms with Crippen molar-refractivity contribution in [3.05, 3.63) is 38.9 Å². The first-order valence-corrected chi connectivity index (χ1v) is 6.67. The number of amides is 1. The second-order valence-corrected chi connectivity index (χ2v) is 4.67. The van der Waals surface area contributed by atoms with Gasteiger partial charge >= 0.3 is 5.97 Å². The summed E-state index contributed by atoms with van der Waals surface area (Å²) in [5.74, 6) is -1.32. The van der Waals surface area contributed by atoms with Gasteiger partial charge in [-0.2, -0.15) is 0 Å². The van der Waals surface area contributed by atoms with Gasteiger partial charge in [0.15, 0.2) is 6.10 Å². The fraction of sp³-hybridized carbons (Fsp3) is 0.385. The number of nitrogens with zero attached hydrogens (tertiary/aromatic N) is 1. The Bertz CT molecular complexity index is 561. The molecular weight excluding hydrogens is 300 g/mol. The summed E-state index contributed by atoms with van der Waals surface area (Å²) in [6, 6.07) is 3.43. The maximum atomic E-state index is 11.9. The van der Waals surface area contributed by atoms with E-state index in [0.29, 0.717) is 6.54 Å². The Balaban J connectivity index is 2.82. The molecule has 0 aromatic heterocycles. The Morgan fingerprint density at radius 1 is 1.48 bits per heavy atom. The van der Waals surface area contributed by atoms with E-state index >= 15 is 0 Å². The summed E-state index contributed by atoms with van der Waals surface area (Å²) >= 11 is 5.82.